The van der Waals surface area contributed by atoms with Gasteiger partial charge >= 0.3 is 23.9 Å². The fraction of sp³-hybridized carbons (Fsp3) is 0.841. The van der Waals surface area contributed by atoms with E-state index in [1.54, 1.807) is 13.1 Å². The molecule has 1 aromatic heterocycles. The molecule has 0 saturated heterocycles. The number of aldehydes is 1. The van der Waals surface area contributed by atoms with Gasteiger partial charge in [0.15, 0.2) is 5.76 Å². The number of ether oxygens (including phenoxy) is 4. The van der Waals surface area contributed by atoms with Gasteiger partial charge in [-0.1, -0.05) is 34.1 Å². The first-order chi connectivity index (χ1) is 48.2. The number of carbonyl (C=O) groups excluding carboxylic acids is 6. The largest absolute Gasteiger partial charge is 0.466 e. The lowest BCUT2D eigenvalue weighted by Crippen LogP contribution is -2.24. The van der Waals surface area contributed by atoms with Gasteiger partial charge in [-0.25, -0.2) is 4.79 Å². The Morgan fingerprint density at radius 3 is 1.28 bits per heavy atom. The van der Waals surface area contributed by atoms with Crippen molar-refractivity contribution in [3.8, 4) is 0 Å². The number of aromatic nitrogens is 1. The van der Waals surface area contributed by atoms with Gasteiger partial charge in [-0.15, -0.1) is 5.16 Å². The number of aliphatic hydroxyl groups excluding tert-OH is 1. The minimum Gasteiger partial charge on any atom is -0.466 e. The molecule has 562 valence electrons. The predicted molar refractivity (Wildman–Crippen MR) is 387 cm³/mol. The summed E-state index contributed by atoms with van der Waals surface area (Å²) < 4.78 is 25.4. The molecule has 15 fully saturated rings. The molecule has 16 rings (SSSR count). The number of carbonyl (C=O) groups is 6. The third-order valence-corrected chi connectivity index (χ3v) is 26.9. The molecule has 3 N–H and O–H groups in total. The van der Waals surface area contributed by atoms with Crippen LogP contribution in [0.3, 0.4) is 0 Å². The normalized spacial score (nSPS) is 28.2. The number of esters is 4. The third kappa shape index (κ3) is 24.8. The van der Waals surface area contributed by atoms with Crippen molar-refractivity contribution in [1.82, 2.24) is 5.16 Å². The molecule has 0 bridgehead atoms. The molecule has 15 saturated carbocycles. The van der Waals surface area contributed by atoms with Crippen LogP contribution in [0.1, 0.15) is 350 Å². The molecule has 0 amide bonds. The van der Waals surface area contributed by atoms with E-state index in [2.05, 4.69) is 26.8 Å². The molecule has 0 atom stereocenters. The molecule has 18 heteroatoms. The highest BCUT2D eigenvalue weighted by Crippen LogP contribution is 2.62. The first-order valence-corrected chi connectivity index (χ1v) is 40.6. The quantitative estimate of drug-likeness (QED) is 0.0203. The molecule has 0 unspecified atom stereocenters. The Morgan fingerprint density at radius 2 is 0.900 bits per heavy atom. The number of Topliss-reactive ketones (excluding diaryl/α,β-unsaturated/α-hetero) is 1. The van der Waals surface area contributed by atoms with E-state index in [4.69, 9.17) is 45.9 Å². The lowest BCUT2D eigenvalue weighted by molar-refractivity contribution is -0.150. The maximum atomic E-state index is 12.3. The van der Waals surface area contributed by atoms with Crippen molar-refractivity contribution in [2.24, 2.45) is 84.2 Å². The second-order valence-corrected chi connectivity index (χ2v) is 34.4. The third-order valence-electron chi connectivity index (χ3n) is 26.5. The molecule has 0 radical (unpaired) electrons. The highest BCUT2D eigenvalue weighted by Gasteiger charge is 2.50. The van der Waals surface area contributed by atoms with Crippen molar-refractivity contribution in [3.63, 3.8) is 0 Å². The van der Waals surface area contributed by atoms with Crippen LogP contribution in [0.25, 0.3) is 0 Å². The van der Waals surface area contributed by atoms with Crippen LogP contribution in [-0.2, 0) is 42.9 Å². The van der Waals surface area contributed by atoms with Crippen LogP contribution < -0.4 is 0 Å². The van der Waals surface area contributed by atoms with Gasteiger partial charge in [0.25, 0.3) is 0 Å². The number of hydrogen-bond donors (Lipinski definition) is 3. The summed E-state index contributed by atoms with van der Waals surface area (Å²) in [4.78, 5) is 67.1. The standard InChI is InChI=1S/C17H23NO3.C11H18O2.C10H16O2.C9H14ClNO.C9H15NO.C9H16O.C9H14O.C8H12O3/c1-2-20-16(19)13-14(18-21-15(13)12-3-4-12)11-5-7-17(8-6-11)9-10-17;1-2-13-10(12)9-3-5-11(6-4-9)7-8-11;1-3-12-10(11)9-6-4-8(2)5-7-9;10-8(11-12)7-1-3-9(4-2-7)5-6-9;11-10-7-8-1-3-9(4-2-8)5-6-9;2*10-7-8-1-3-9(4-2-8)5-6-9;1-2-11-8(10)5-7(9)6-3-4-6/h11-12H,2-10H2,1H3;9H,2-8H2,1H3;9H,2-7H2,1H3;7,12H,1-6H2;7-8,11H,1-6H2;8,10H,1-7H2;7-8H,1-6H2;6H,2-5H2,1H3. The van der Waals surface area contributed by atoms with Crippen molar-refractivity contribution in [3.05, 3.63) is 29.2 Å². The summed E-state index contributed by atoms with van der Waals surface area (Å²) in [6.07, 6.45) is 57.8. The van der Waals surface area contributed by atoms with Crippen LogP contribution in [-0.4, -0.2) is 101 Å². The van der Waals surface area contributed by atoms with Gasteiger partial charge in [-0.2, -0.15) is 0 Å². The molecule has 15 aliphatic rings. The van der Waals surface area contributed by atoms with E-state index in [-0.39, 0.29) is 53.8 Å². The molecule has 6 spiro atoms. The molecule has 1 aromatic rings. The van der Waals surface area contributed by atoms with E-state index in [0.717, 1.165) is 124 Å². The summed E-state index contributed by atoms with van der Waals surface area (Å²) in [5.41, 5.74) is 7.17. The zero-order valence-electron chi connectivity index (χ0n) is 62.0. The number of ketones is 1. The lowest BCUT2D eigenvalue weighted by Gasteiger charge is -2.27. The Morgan fingerprint density at radius 1 is 0.500 bits per heavy atom. The van der Waals surface area contributed by atoms with Crippen LogP contribution in [0.15, 0.2) is 27.0 Å². The van der Waals surface area contributed by atoms with E-state index in [9.17, 15) is 28.8 Å². The molecule has 0 aromatic carbocycles. The Bertz CT molecular complexity index is 2820. The fourth-order valence-corrected chi connectivity index (χ4v) is 17.5. The van der Waals surface area contributed by atoms with E-state index in [1.165, 1.54) is 198 Å². The smallest absolute Gasteiger partial charge is 0.343 e. The number of oxime groups is 2. The average molecular weight is 1420 g/mol. The molecule has 15 aliphatic carbocycles. The average Bonchev–Trinajstić information content (AvgIpc) is 1.52. The van der Waals surface area contributed by atoms with E-state index in [1.807, 2.05) is 20.8 Å². The lowest BCUT2D eigenvalue weighted by atomic mass is 9.77. The first kappa shape index (κ1) is 79.5. The van der Waals surface area contributed by atoms with Gasteiger partial charge in [-0.3, -0.25) is 19.2 Å². The second kappa shape index (κ2) is 37.4. The summed E-state index contributed by atoms with van der Waals surface area (Å²) >= 11 is 5.76. The maximum Gasteiger partial charge on any atom is 0.343 e. The first-order valence-electron chi connectivity index (χ1n) is 40.2. The molecule has 1 heterocycles. The monoisotopic (exact) mass is 1410 g/mol. The number of allylic oxidation sites excluding steroid dienone is 1. The van der Waals surface area contributed by atoms with Crippen LogP contribution in [0.2, 0.25) is 0 Å². The topological polar surface area (TPSA) is 251 Å². The summed E-state index contributed by atoms with van der Waals surface area (Å²) in [7, 11) is 0. The minimum atomic E-state index is -0.385. The minimum absolute atomic E-state index is 0.0231. The van der Waals surface area contributed by atoms with Gasteiger partial charge < -0.3 is 43.8 Å². The number of rotatable bonds is 16. The van der Waals surface area contributed by atoms with Crippen LogP contribution in [0.4, 0.5) is 0 Å². The molecular weight excluding hydrogens is 1290 g/mol. The van der Waals surface area contributed by atoms with E-state index in [0.29, 0.717) is 95.5 Å². The van der Waals surface area contributed by atoms with Gasteiger partial charge in [-0.05, 0) is 355 Å². The van der Waals surface area contributed by atoms with Gasteiger partial charge in [0.2, 0.25) is 0 Å². The van der Waals surface area contributed by atoms with Crippen LogP contribution in [0, 0.1) is 73.9 Å². The van der Waals surface area contributed by atoms with Crippen molar-refractivity contribution in [1.29, 1.82) is 0 Å². The maximum absolute atomic E-state index is 12.3. The summed E-state index contributed by atoms with van der Waals surface area (Å²) in [6, 6.07) is 0. The van der Waals surface area contributed by atoms with Crippen LogP contribution >= 0.6 is 11.6 Å². The van der Waals surface area contributed by atoms with Crippen molar-refractivity contribution in [2.75, 3.05) is 33.0 Å². The zero-order valence-corrected chi connectivity index (χ0v) is 62.7. The fourth-order valence-electron chi connectivity index (χ4n) is 17.3. The summed E-state index contributed by atoms with van der Waals surface area (Å²) in [6.45, 7) is 13.4. The number of nitrogens with zero attached hydrogens (tertiary/aromatic N) is 3. The van der Waals surface area contributed by atoms with Crippen molar-refractivity contribution >= 4 is 58.9 Å². The molecule has 0 aliphatic heterocycles. The molecule has 100 heavy (non-hydrogen) atoms. The molecule has 17 nitrogen and oxygen atoms in total. The summed E-state index contributed by atoms with van der Waals surface area (Å²) in [5, 5.41) is 36.6. The van der Waals surface area contributed by atoms with Gasteiger partial charge in [0.1, 0.15) is 34.9 Å². The van der Waals surface area contributed by atoms with E-state index >= 15 is 0 Å². The van der Waals surface area contributed by atoms with Crippen molar-refractivity contribution < 1.29 is 67.8 Å². The van der Waals surface area contributed by atoms with Gasteiger partial charge in [0, 0.05) is 42.4 Å². The second-order valence-electron chi connectivity index (χ2n) is 34.0. The Kier molecular flexibility index (Phi) is 29.7. The SMILES string of the molecule is C=C1CCC(C(=O)OCC)CC1.CCOC(=O)C1CCC2(CC1)CC2.CCOC(=O)CC(=O)C1CC1.CCOC(=O)c1c(C2CCC3(CC2)CC3)noc1C1CC1.O=CC1CCC2(CC1)CC2.OCC1CCC2(CC1)CC2.ON=C(Cl)C1CCC2(CC1)CC2.ON=CC1CCC2(CC1)CC2. The van der Waals surface area contributed by atoms with Crippen LogP contribution in [0.5, 0.6) is 0 Å². The Hall–Kier alpha value is -4.64. The Balaban J connectivity index is 0.000000135. The highest BCUT2D eigenvalue weighted by molar-refractivity contribution is 6.65. The zero-order chi connectivity index (χ0) is 71.4. The number of halogens is 1. The molecular formula is C82H128ClN3O14. The van der Waals surface area contributed by atoms with Crippen molar-refractivity contribution in [2.45, 2.75) is 328 Å². The highest BCUT2D eigenvalue weighted by atomic mass is 35.5. The predicted octanol–water partition coefficient (Wildman–Crippen LogP) is 19.4. The van der Waals surface area contributed by atoms with E-state index < -0.39 is 0 Å². The Labute approximate surface area is 603 Å². The summed E-state index contributed by atoms with van der Waals surface area (Å²) in [5.74, 6) is 3.47. The number of hydrogen-bond acceptors (Lipinski definition) is 17. The van der Waals surface area contributed by atoms with Gasteiger partial charge in [0.05, 0.1) is 38.3 Å². The number of aliphatic hydroxyl groups is 1.